The molecule has 118 valence electrons. The summed E-state index contributed by atoms with van der Waals surface area (Å²) in [7, 11) is 0. The number of halogens is 3. The molecule has 7 heteroatoms. The highest BCUT2D eigenvalue weighted by Crippen LogP contribution is 2.38. The molecule has 1 saturated heterocycles. The van der Waals surface area contributed by atoms with E-state index in [0.717, 1.165) is 0 Å². The molecule has 0 spiro atoms. The second-order valence-corrected chi connectivity index (χ2v) is 5.40. The van der Waals surface area contributed by atoms with Gasteiger partial charge in [-0.2, -0.15) is 13.2 Å². The number of piperidine rings is 1. The lowest BCUT2D eigenvalue weighted by Gasteiger charge is -2.38. The first-order valence-electron chi connectivity index (χ1n) is 6.85. The summed E-state index contributed by atoms with van der Waals surface area (Å²) in [5.41, 5.74) is -2.02. The minimum absolute atomic E-state index is 0.142. The quantitative estimate of drug-likeness (QED) is 0.914. The number of carbonyl (C=O) groups excluding carboxylic acids is 1. The first-order chi connectivity index (χ1) is 9.68. The highest BCUT2D eigenvalue weighted by Gasteiger charge is 2.55. The van der Waals surface area contributed by atoms with Gasteiger partial charge in [0.15, 0.2) is 11.4 Å². The minimum Gasteiger partial charge on any atom is -0.456 e. The van der Waals surface area contributed by atoms with E-state index in [2.05, 4.69) is 0 Å². The lowest BCUT2D eigenvalue weighted by molar-refractivity contribution is -0.271. The molecular formula is C14H18F3NO3. The van der Waals surface area contributed by atoms with Crippen LogP contribution >= 0.6 is 0 Å². The molecule has 0 radical (unpaired) electrons. The smallest absolute Gasteiger partial charge is 0.417 e. The van der Waals surface area contributed by atoms with Crippen molar-refractivity contribution in [3.63, 3.8) is 0 Å². The minimum atomic E-state index is -4.67. The molecule has 0 bridgehead atoms. The van der Waals surface area contributed by atoms with Gasteiger partial charge in [0.25, 0.3) is 5.91 Å². The summed E-state index contributed by atoms with van der Waals surface area (Å²) < 4.78 is 43.6. The van der Waals surface area contributed by atoms with Gasteiger partial charge in [-0.15, -0.1) is 0 Å². The second kappa shape index (κ2) is 5.36. The van der Waals surface area contributed by atoms with Crippen molar-refractivity contribution in [3.05, 3.63) is 23.2 Å². The van der Waals surface area contributed by atoms with Crippen LogP contribution in [0.15, 0.2) is 10.5 Å². The molecular weight excluding hydrogens is 287 g/mol. The van der Waals surface area contributed by atoms with Crippen molar-refractivity contribution in [3.8, 4) is 0 Å². The Bertz CT molecular complexity index is 528. The van der Waals surface area contributed by atoms with E-state index < -0.39 is 30.5 Å². The topological polar surface area (TPSA) is 53.7 Å². The predicted octanol–water partition coefficient (Wildman–Crippen LogP) is 2.68. The summed E-state index contributed by atoms with van der Waals surface area (Å²) in [6.45, 7) is 3.33. The lowest BCUT2D eigenvalue weighted by atomic mass is 9.90. The molecule has 0 aliphatic carbocycles. The standard InChI is InChI=1S/C14H18F3NO3/c1-3-10-8-9(2)11(21-10)12(19)18-6-4-13(20,5-7-18)14(15,16)17/h8,20H,3-7H2,1-2H3. The molecule has 0 saturated carbocycles. The average Bonchev–Trinajstić information content (AvgIpc) is 2.79. The van der Waals surface area contributed by atoms with Gasteiger partial charge in [-0.05, 0) is 13.0 Å². The largest absolute Gasteiger partial charge is 0.456 e. The third-order valence-electron chi connectivity index (χ3n) is 3.92. The van der Waals surface area contributed by atoms with Gasteiger partial charge in [-0.3, -0.25) is 4.79 Å². The van der Waals surface area contributed by atoms with Gasteiger partial charge >= 0.3 is 6.18 Å². The van der Waals surface area contributed by atoms with E-state index >= 15 is 0 Å². The molecule has 1 N–H and O–H groups in total. The van der Waals surface area contributed by atoms with Gasteiger partial charge in [0.1, 0.15) is 5.76 Å². The van der Waals surface area contributed by atoms with Crippen LogP contribution in [0.3, 0.4) is 0 Å². The van der Waals surface area contributed by atoms with Crippen LogP contribution in [0.5, 0.6) is 0 Å². The Morgan fingerprint density at radius 3 is 2.43 bits per heavy atom. The molecule has 0 unspecified atom stereocenters. The number of rotatable bonds is 2. The predicted molar refractivity (Wildman–Crippen MR) is 69.0 cm³/mol. The summed E-state index contributed by atoms with van der Waals surface area (Å²) in [4.78, 5) is 13.6. The number of amides is 1. The van der Waals surface area contributed by atoms with Gasteiger partial charge in [-0.1, -0.05) is 6.92 Å². The van der Waals surface area contributed by atoms with Crippen molar-refractivity contribution in [2.75, 3.05) is 13.1 Å². The number of furan rings is 1. The van der Waals surface area contributed by atoms with Crippen LogP contribution < -0.4 is 0 Å². The normalized spacial score (nSPS) is 18.9. The fourth-order valence-electron chi connectivity index (χ4n) is 2.44. The van der Waals surface area contributed by atoms with E-state index in [9.17, 15) is 23.1 Å². The van der Waals surface area contributed by atoms with Crippen LogP contribution in [0, 0.1) is 6.92 Å². The maximum Gasteiger partial charge on any atom is 0.417 e. The summed E-state index contributed by atoms with van der Waals surface area (Å²) >= 11 is 0. The zero-order valence-corrected chi connectivity index (χ0v) is 12.0. The molecule has 1 aromatic rings. The van der Waals surface area contributed by atoms with E-state index in [4.69, 9.17) is 4.42 Å². The number of likely N-dealkylation sites (tertiary alicyclic amines) is 1. The van der Waals surface area contributed by atoms with Gasteiger partial charge in [-0.25, -0.2) is 0 Å². The summed E-state index contributed by atoms with van der Waals surface area (Å²) in [5.74, 6) is 0.417. The Balaban J connectivity index is 2.08. The zero-order chi connectivity index (χ0) is 15.8. The number of hydrogen-bond acceptors (Lipinski definition) is 3. The van der Waals surface area contributed by atoms with Crippen LogP contribution in [-0.2, 0) is 6.42 Å². The Morgan fingerprint density at radius 2 is 2.00 bits per heavy atom. The van der Waals surface area contributed by atoms with Crippen molar-refractivity contribution in [2.45, 2.75) is 44.9 Å². The molecule has 1 fully saturated rings. The van der Waals surface area contributed by atoms with Gasteiger partial charge in [0.2, 0.25) is 0 Å². The summed E-state index contributed by atoms with van der Waals surface area (Å²) in [5, 5.41) is 9.59. The second-order valence-electron chi connectivity index (χ2n) is 5.40. The monoisotopic (exact) mass is 305 g/mol. The first-order valence-corrected chi connectivity index (χ1v) is 6.85. The van der Waals surface area contributed by atoms with E-state index in [-0.39, 0.29) is 18.8 Å². The van der Waals surface area contributed by atoms with Crippen LogP contribution in [-0.4, -0.2) is 40.8 Å². The van der Waals surface area contributed by atoms with E-state index in [0.29, 0.717) is 17.7 Å². The number of hydrogen-bond donors (Lipinski definition) is 1. The molecule has 4 nitrogen and oxygen atoms in total. The average molecular weight is 305 g/mol. The Morgan fingerprint density at radius 1 is 1.43 bits per heavy atom. The van der Waals surface area contributed by atoms with E-state index in [1.165, 1.54) is 4.90 Å². The number of carbonyl (C=O) groups is 1. The van der Waals surface area contributed by atoms with Crippen LogP contribution in [0.1, 0.15) is 41.6 Å². The van der Waals surface area contributed by atoms with Crippen molar-refractivity contribution < 1.29 is 27.5 Å². The maximum absolute atomic E-state index is 12.7. The third kappa shape index (κ3) is 2.92. The van der Waals surface area contributed by atoms with Gasteiger partial charge in [0, 0.05) is 37.9 Å². The van der Waals surface area contributed by atoms with Crippen LogP contribution in [0.25, 0.3) is 0 Å². The van der Waals surface area contributed by atoms with Crippen LogP contribution in [0.2, 0.25) is 0 Å². The summed E-state index contributed by atoms with van der Waals surface area (Å²) in [6, 6.07) is 1.75. The molecule has 1 aliphatic rings. The molecule has 2 heterocycles. The van der Waals surface area contributed by atoms with Crippen molar-refractivity contribution in [1.29, 1.82) is 0 Å². The molecule has 1 aromatic heterocycles. The van der Waals surface area contributed by atoms with Gasteiger partial charge < -0.3 is 14.4 Å². The Kier molecular flexibility index (Phi) is 4.06. The highest BCUT2D eigenvalue weighted by atomic mass is 19.4. The molecule has 21 heavy (non-hydrogen) atoms. The van der Waals surface area contributed by atoms with Crippen molar-refractivity contribution >= 4 is 5.91 Å². The zero-order valence-electron chi connectivity index (χ0n) is 12.0. The summed E-state index contributed by atoms with van der Waals surface area (Å²) in [6.07, 6.45) is -5.05. The number of aliphatic hydroxyl groups is 1. The van der Waals surface area contributed by atoms with Crippen molar-refractivity contribution in [1.82, 2.24) is 4.90 Å². The number of nitrogens with zero attached hydrogens (tertiary/aromatic N) is 1. The molecule has 2 rings (SSSR count). The molecule has 0 aromatic carbocycles. The highest BCUT2D eigenvalue weighted by molar-refractivity contribution is 5.93. The maximum atomic E-state index is 12.7. The Labute approximate surface area is 120 Å². The van der Waals surface area contributed by atoms with E-state index in [1.807, 2.05) is 6.92 Å². The molecule has 1 aliphatic heterocycles. The molecule has 0 atom stereocenters. The third-order valence-corrected chi connectivity index (χ3v) is 3.92. The van der Waals surface area contributed by atoms with Crippen LogP contribution in [0.4, 0.5) is 13.2 Å². The van der Waals surface area contributed by atoms with E-state index in [1.54, 1.807) is 13.0 Å². The number of alkyl halides is 3. The lowest BCUT2D eigenvalue weighted by Crippen LogP contribution is -2.54. The SMILES string of the molecule is CCc1cc(C)c(C(=O)N2CCC(O)(C(F)(F)F)CC2)o1. The fraction of sp³-hybridized carbons (Fsp3) is 0.643. The number of aryl methyl sites for hydroxylation is 2. The van der Waals surface area contributed by atoms with Gasteiger partial charge in [0.05, 0.1) is 0 Å². The Hall–Kier alpha value is -1.50. The fourth-order valence-corrected chi connectivity index (χ4v) is 2.44. The molecule has 1 amide bonds. The first kappa shape index (κ1) is 15.9. The van der Waals surface area contributed by atoms with Crippen molar-refractivity contribution in [2.24, 2.45) is 0 Å².